The van der Waals surface area contributed by atoms with Crippen molar-refractivity contribution in [2.24, 2.45) is 32.2 Å². The molecule has 6 nitrogen and oxygen atoms in total. The van der Waals surface area contributed by atoms with E-state index in [0.717, 1.165) is 30.5 Å². The van der Waals surface area contributed by atoms with E-state index < -0.39 is 0 Å². The van der Waals surface area contributed by atoms with Crippen molar-refractivity contribution in [3.63, 3.8) is 0 Å². The predicted octanol–water partition coefficient (Wildman–Crippen LogP) is 4.42. The molecule has 2 unspecified atom stereocenters. The van der Waals surface area contributed by atoms with Crippen LogP contribution in [-0.2, 0) is 14.2 Å². The van der Waals surface area contributed by atoms with Crippen LogP contribution in [0.5, 0.6) is 0 Å². The summed E-state index contributed by atoms with van der Waals surface area (Å²) >= 11 is 0. The highest BCUT2D eigenvalue weighted by atomic mass is 16.5. The lowest BCUT2D eigenvalue weighted by atomic mass is 9.96. The SMILES string of the molecule is CC1CC(C)(C)N=C([C@H]2[C@H](C3=NC(C)(C)CC(C)O3)C2(C)C2=NC(C)(C)CO2)O1. The van der Waals surface area contributed by atoms with Crippen LogP contribution in [0.2, 0.25) is 0 Å². The molecule has 0 aromatic carbocycles. The fourth-order valence-corrected chi connectivity index (χ4v) is 5.37. The van der Waals surface area contributed by atoms with Crippen molar-refractivity contribution in [1.29, 1.82) is 0 Å². The highest BCUT2D eigenvalue weighted by molar-refractivity contribution is 6.06. The fourth-order valence-electron chi connectivity index (χ4n) is 5.37. The molecule has 4 aliphatic rings. The molecule has 0 aromatic rings. The number of hydrogen-bond acceptors (Lipinski definition) is 6. The smallest absolute Gasteiger partial charge is 0.191 e. The summed E-state index contributed by atoms with van der Waals surface area (Å²) in [6.07, 6.45) is 2.10. The largest absolute Gasteiger partial charge is 0.478 e. The summed E-state index contributed by atoms with van der Waals surface area (Å²) in [7, 11) is 0. The minimum Gasteiger partial charge on any atom is -0.478 e. The van der Waals surface area contributed by atoms with Crippen LogP contribution in [0.4, 0.5) is 0 Å². The van der Waals surface area contributed by atoms with Crippen molar-refractivity contribution >= 4 is 17.7 Å². The van der Waals surface area contributed by atoms with Gasteiger partial charge >= 0.3 is 0 Å². The van der Waals surface area contributed by atoms with Gasteiger partial charge in [0, 0.05) is 12.8 Å². The van der Waals surface area contributed by atoms with Gasteiger partial charge in [-0.1, -0.05) is 0 Å². The van der Waals surface area contributed by atoms with Gasteiger partial charge in [-0.15, -0.1) is 0 Å². The lowest BCUT2D eigenvalue weighted by molar-refractivity contribution is 0.130. The van der Waals surface area contributed by atoms with E-state index in [9.17, 15) is 0 Å². The number of nitrogens with zero attached hydrogens (tertiary/aromatic N) is 3. The van der Waals surface area contributed by atoms with E-state index in [1.54, 1.807) is 0 Å². The first-order chi connectivity index (χ1) is 13.2. The van der Waals surface area contributed by atoms with Gasteiger partial charge in [0.1, 0.15) is 6.61 Å². The average molecular weight is 404 g/mol. The Hall–Kier alpha value is -1.59. The zero-order valence-corrected chi connectivity index (χ0v) is 19.5. The highest BCUT2D eigenvalue weighted by Crippen LogP contribution is 2.63. The van der Waals surface area contributed by atoms with Crippen molar-refractivity contribution in [2.45, 2.75) is 104 Å². The van der Waals surface area contributed by atoms with Crippen LogP contribution in [0.15, 0.2) is 15.0 Å². The first-order valence-corrected chi connectivity index (χ1v) is 11.0. The number of rotatable bonds is 3. The van der Waals surface area contributed by atoms with E-state index in [2.05, 4.69) is 62.3 Å². The molecule has 162 valence electrons. The predicted molar refractivity (Wildman–Crippen MR) is 116 cm³/mol. The second-order valence-corrected chi connectivity index (χ2v) is 11.5. The average Bonchev–Trinajstić information content (AvgIpc) is 2.98. The minimum atomic E-state index is -0.342. The monoisotopic (exact) mass is 403 g/mol. The Morgan fingerprint density at radius 2 is 1.14 bits per heavy atom. The number of aliphatic imine (C=N–C) groups is 3. The Morgan fingerprint density at radius 1 is 0.690 bits per heavy atom. The van der Waals surface area contributed by atoms with Crippen LogP contribution in [0.1, 0.15) is 75.2 Å². The molecule has 1 aliphatic carbocycles. The van der Waals surface area contributed by atoms with Gasteiger partial charge in [-0.2, -0.15) is 0 Å². The first kappa shape index (κ1) is 20.7. The zero-order chi connectivity index (χ0) is 21.4. The standard InChI is InChI=1S/C23H37N3O3/c1-13-10-20(3,4)24-17(28-13)15-16(18-25-21(5,6)11-14(2)29-18)23(15,9)19-26-22(7,8)12-27-19/h13-16H,10-12H2,1-9H3/t13?,14?,15-,16-,23?/m1/s1. The topological polar surface area (TPSA) is 64.8 Å². The van der Waals surface area contributed by atoms with E-state index in [0.29, 0.717) is 6.61 Å². The molecule has 29 heavy (non-hydrogen) atoms. The van der Waals surface area contributed by atoms with E-state index in [-0.39, 0.29) is 46.1 Å². The molecule has 1 saturated carbocycles. The summed E-state index contributed by atoms with van der Waals surface area (Å²) in [5.41, 5.74) is -0.827. The van der Waals surface area contributed by atoms with Gasteiger partial charge in [0.15, 0.2) is 17.7 Å². The molecule has 4 atom stereocenters. The maximum Gasteiger partial charge on any atom is 0.191 e. The summed E-state index contributed by atoms with van der Waals surface area (Å²) in [5, 5.41) is 0. The molecule has 0 N–H and O–H groups in total. The van der Waals surface area contributed by atoms with Crippen molar-refractivity contribution in [2.75, 3.05) is 6.61 Å². The molecule has 0 bridgehead atoms. The van der Waals surface area contributed by atoms with E-state index in [4.69, 9.17) is 29.2 Å². The Kier molecular flexibility index (Phi) is 4.43. The van der Waals surface area contributed by atoms with Gasteiger partial charge in [-0.05, 0) is 62.3 Å². The van der Waals surface area contributed by atoms with Gasteiger partial charge in [-0.3, -0.25) is 0 Å². The molecule has 6 heteroatoms. The Balaban J connectivity index is 1.76. The number of ether oxygens (including phenoxy) is 3. The summed E-state index contributed by atoms with van der Waals surface area (Å²) in [6.45, 7) is 20.0. The Bertz CT molecular complexity index is 747. The molecule has 3 heterocycles. The van der Waals surface area contributed by atoms with Crippen LogP contribution < -0.4 is 0 Å². The van der Waals surface area contributed by atoms with E-state index >= 15 is 0 Å². The second-order valence-electron chi connectivity index (χ2n) is 11.5. The quantitative estimate of drug-likeness (QED) is 0.701. The molecule has 0 radical (unpaired) electrons. The summed E-state index contributed by atoms with van der Waals surface area (Å²) < 4.78 is 18.7. The lowest BCUT2D eigenvalue weighted by Crippen LogP contribution is -2.37. The molecule has 0 spiro atoms. The third kappa shape index (κ3) is 3.68. The molecule has 4 rings (SSSR count). The highest BCUT2D eigenvalue weighted by Gasteiger charge is 2.73. The van der Waals surface area contributed by atoms with Crippen molar-refractivity contribution < 1.29 is 14.2 Å². The van der Waals surface area contributed by atoms with Gasteiger partial charge in [0.05, 0.1) is 46.1 Å². The van der Waals surface area contributed by atoms with Crippen LogP contribution in [0, 0.1) is 17.3 Å². The molecular formula is C23H37N3O3. The van der Waals surface area contributed by atoms with Crippen LogP contribution in [0.25, 0.3) is 0 Å². The summed E-state index contributed by atoms with van der Waals surface area (Å²) in [4.78, 5) is 14.9. The maximum absolute atomic E-state index is 6.28. The third-order valence-electron chi connectivity index (χ3n) is 6.52. The van der Waals surface area contributed by atoms with Gasteiger partial charge < -0.3 is 14.2 Å². The molecule has 0 saturated heterocycles. The first-order valence-electron chi connectivity index (χ1n) is 11.0. The van der Waals surface area contributed by atoms with Crippen LogP contribution in [-0.4, -0.2) is 53.1 Å². The fraction of sp³-hybridized carbons (Fsp3) is 0.870. The third-order valence-corrected chi connectivity index (χ3v) is 6.52. The Labute approximate surface area is 175 Å². The second kappa shape index (κ2) is 6.21. The van der Waals surface area contributed by atoms with E-state index in [1.165, 1.54) is 0 Å². The lowest BCUT2D eigenvalue weighted by Gasteiger charge is -2.33. The molecule has 3 aliphatic heterocycles. The maximum atomic E-state index is 6.28. The normalized spacial score (nSPS) is 41.9. The Morgan fingerprint density at radius 3 is 1.48 bits per heavy atom. The minimum absolute atomic E-state index is 0.0389. The summed E-state index contributed by atoms with van der Waals surface area (Å²) in [5.74, 6) is 2.48. The molecule has 0 aromatic heterocycles. The summed E-state index contributed by atoms with van der Waals surface area (Å²) in [6, 6.07) is 0. The van der Waals surface area contributed by atoms with Gasteiger partial charge in [0.25, 0.3) is 0 Å². The zero-order valence-electron chi connectivity index (χ0n) is 19.5. The van der Waals surface area contributed by atoms with Crippen molar-refractivity contribution in [3.05, 3.63) is 0 Å². The molecular weight excluding hydrogens is 366 g/mol. The van der Waals surface area contributed by atoms with Crippen LogP contribution in [0.3, 0.4) is 0 Å². The van der Waals surface area contributed by atoms with Gasteiger partial charge in [-0.25, -0.2) is 15.0 Å². The number of hydrogen-bond donors (Lipinski definition) is 0. The van der Waals surface area contributed by atoms with E-state index in [1.807, 2.05) is 0 Å². The van der Waals surface area contributed by atoms with Gasteiger partial charge in [0.2, 0.25) is 0 Å². The van der Waals surface area contributed by atoms with Crippen LogP contribution >= 0.6 is 0 Å². The molecule has 0 amide bonds. The van der Waals surface area contributed by atoms with Crippen molar-refractivity contribution in [1.82, 2.24) is 0 Å². The van der Waals surface area contributed by atoms with Crippen molar-refractivity contribution in [3.8, 4) is 0 Å². The molecule has 1 fully saturated rings.